The second kappa shape index (κ2) is 7.93. The summed E-state index contributed by atoms with van der Waals surface area (Å²) in [6.45, 7) is 0.156. The van der Waals surface area contributed by atoms with Crippen molar-refractivity contribution in [2.45, 2.75) is 44.4 Å². The van der Waals surface area contributed by atoms with E-state index < -0.39 is 11.7 Å². The first kappa shape index (κ1) is 21.8. The van der Waals surface area contributed by atoms with Crippen molar-refractivity contribution in [1.29, 1.82) is 0 Å². The lowest BCUT2D eigenvalue weighted by molar-refractivity contribution is -0.137. The van der Waals surface area contributed by atoms with Gasteiger partial charge in [-0.2, -0.15) is 13.2 Å². The number of benzene rings is 1. The maximum Gasteiger partial charge on any atom is 0.417 e. The van der Waals surface area contributed by atoms with Crippen molar-refractivity contribution in [3.05, 3.63) is 65.9 Å². The van der Waals surface area contributed by atoms with E-state index in [-0.39, 0.29) is 18.5 Å². The third-order valence-electron chi connectivity index (χ3n) is 7.47. The zero-order valence-electron chi connectivity index (χ0n) is 18.7. The van der Waals surface area contributed by atoms with Gasteiger partial charge in [0.2, 0.25) is 5.95 Å². The zero-order valence-corrected chi connectivity index (χ0v) is 18.7. The van der Waals surface area contributed by atoms with Gasteiger partial charge in [0.05, 0.1) is 35.0 Å². The highest BCUT2D eigenvalue weighted by molar-refractivity contribution is 6.02. The molecule has 4 aromatic rings. The average molecular weight is 480 g/mol. The highest BCUT2D eigenvalue weighted by Gasteiger charge is 2.44. The molecule has 1 aromatic carbocycles. The van der Waals surface area contributed by atoms with Crippen molar-refractivity contribution >= 4 is 28.3 Å². The Morgan fingerprint density at radius 2 is 1.97 bits per heavy atom. The SMILES string of the molecule is Nc1nc2ccc(C(=O)N(Cc3ccc(C(F)(F)F)cn3)[C@H]3CCC4CC3C4)cc2c2cncn12. The van der Waals surface area contributed by atoms with Crippen LogP contribution >= 0.6 is 0 Å². The Balaban J connectivity index is 1.37. The summed E-state index contributed by atoms with van der Waals surface area (Å²) < 4.78 is 40.6. The molecule has 35 heavy (non-hydrogen) atoms. The van der Waals surface area contributed by atoms with Crippen LogP contribution in [-0.4, -0.2) is 36.2 Å². The topological polar surface area (TPSA) is 89.4 Å². The number of nitrogens with two attached hydrogens (primary N) is 1. The molecular weight excluding hydrogens is 457 g/mol. The molecule has 180 valence electrons. The molecule has 3 aliphatic rings. The maximum absolute atomic E-state index is 13.9. The summed E-state index contributed by atoms with van der Waals surface area (Å²) in [6.07, 6.45) is 3.76. The number of amides is 1. The van der Waals surface area contributed by atoms with Gasteiger partial charge >= 0.3 is 6.18 Å². The van der Waals surface area contributed by atoms with Crippen molar-refractivity contribution in [2.75, 3.05) is 5.73 Å². The first-order chi connectivity index (χ1) is 16.8. The van der Waals surface area contributed by atoms with Crippen molar-refractivity contribution in [2.24, 2.45) is 11.8 Å². The van der Waals surface area contributed by atoms with Gasteiger partial charge in [0.1, 0.15) is 6.33 Å². The standard InChI is InChI=1S/C25H23F3N6O/c26-25(27,28)17-3-4-18(31-10-17)12-33(21-6-1-14-7-16(21)8-14)23(35)15-2-5-20-19(9-15)22-11-30-13-34(22)24(29)32-20/h2-5,9-11,13-14,16,21H,1,6-8,12H2,(H2,29,32)/t14?,16?,21-/m0/s1. The van der Waals surface area contributed by atoms with Crippen LogP contribution in [-0.2, 0) is 12.7 Å². The zero-order chi connectivity index (χ0) is 24.3. The summed E-state index contributed by atoms with van der Waals surface area (Å²) in [7, 11) is 0. The normalized spacial score (nSPS) is 21.7. The predicted octanol–water partition coefficient (Wildman–Crippen LogP) is 4.71. The highest BCUT2D eigenvalue weighted by Crippen LogP contribution is 2.48. The molecule has 7 nitrogen and oxygen atoms in total. The molecule has 0 unspecified atom stereocenters. The number of hydrogen-bond donors (Lipinski definition) is 1. The molecule has 10 heteroatoms. The summed E-state index contributed by atoms with van der Waals surface area (Å²) >= 11 is 0. The molecule has 7 rings (SSSR count). The average Bonchev–Trinajstić information content (AvgIpc) is 3.32. The number of carbonyl (C=O) groups is 1. The molecule has 1 amide bonds. The third-order valence-corrected chi connectivity index (χ3v) is 7.47. The summed E-state index contributed by atoms with van der Waals surface area (Å²) in [5.74, 6) is 1.28. The summed E-state index contributed by atoms with van der Waals surface area (Å²) in [5, 5.41) is 0.752. The van der Waals surface area contributed by atoms with Crippen LogP contribution < -0.4 is 5.73 Å². The fourth-order valence-corrected chi connectivity index (χ4v) is 5.58. The highest BCUT2D eigenvalue weighted by atomic mass is 19.4. The van der Waals surface area contributed by atoms with Crippen LogP contribution in [0.25, 0.3) is 16.4 Å². The second-order valence-corrected chi connectivity index (χ2v) is 9.56. The number of nitrogen functional groups attached to an aromatic ring is 1. The van der Waals surface area contributed by atoms with E-state index in [9.17, 15) is 18.0 Å². The first-order valence-electron chi connectivity index (χ1n) is 11.6. The molecule has 0 radical (unpaired) electrons. The fraction of sp³-hybridized carbons (Fsp3) is 0.360. The Hall–Kier alpha value is -3.69. The number of pyridine rings is 1. The Labute approximate surface area is 198 Å². The Bertz CT molecular complexity index is 1420. The van der Waals surface area contributed by atoms with Gasteiger partial charge in [-0.3, -0.25) is 14.2 Å². The van der Waals surface area contributed by atoms with Crippen LogP contribution in [0, 0.1) is 11.8 Å². The van der Waals surface area contributed by atoms with Gasteiger partial charge in [-0.25, -0.2) is 9.97 Å². The number of alkyl halides is 3. The van der Waals surface area contributed by atoms with Gasteiger partial charge in [-0.15, -0.1) is 0 Å². The number of fused-ring (bicyclic) bond motifs is 5. The molecule has 2 bridgehead atoms. The lowest BCUT2D eigenvalue weighted by atomic mass is 9.62. The number of imidazole rings is 1. The summed E-state index contributed by atoms with van der Waals surface area (Å²) in [6, 6.07) is 7.70. The molecule has 3 saturated carbocycles. The molecule has 3 aliphatic carbocycles. The van der Waals surface area contributed by atoms with E-state index in [1.807, 2.05) is 0 Å². The van der Waals surface area contributed by atoms with Crippen LogP contribution in [0.1, 0.15) is 47.3 Å². The van der Waals surface area contributed by atoms with Crippen LogP contribution in [0.5, 0.6) is 0 Å². The van der Waals surface area contributed by atoms with Crippen molar-refractivity contribution in [3.8, 4) is 0 Å². The molecule has 0 spiro atoms. The van der Waals surface area contributed by atoms with Crippen molar-refractivity contribution < 1.29 is 18.0 Å². The van der Waals surface area contributed by atoms with E-state index in [2.05, 4.69) is 15.0 Å². The smallest absolute Gasteiger partial charge is 0.369 e. The monoisotopic (exact) mass is 480 g/mol. The minimum atomic E-state index is -4.45. The van der Waals surface area contributed by atoms with Gasteiger partial charge < -0.3 is 10.6 Å². The summed E-state index contributed by atoms with van der Waals surface area (Å²) in [5.41, 5.74) is 7.53. The molecule has 0 aliphatic heterocycles. The summed E-state index contributed by atoms with van der Waals surface area (Å²) in [4.78, 5) is 28.3. The molecule has 3 aromatic heterocycles. The van der Waals surface area contributed by atoms with Gasteiger partial charge in [-0.05, 0) is 67.9 Å². The third kappa shape index (κ3) is 3.77. The van der Waals surface area contributed by atoms with Crippen LogP contribution in [0.4, 0.5) is 19.1 Å². The van der Waals surface area contributed by atoms with E-state index in [1.165, 1.54) is 6.07 Å². The largest absolute Gasteiger partial charge is 0.417 e. The molecule has 2 N–H and O–H groups in total. The van der Waals surface area contributed by atoms with E-state index in [1.54, 1.807) is 40.0 Å². The number of aromatic nitrogens is 4. The molecular formula is C25H23F3N6O. The molecule has 3 heterocycles. The van der Waals surface area contributed by atoms with E-state index >= 15 is 0 Å². The van der Waals surface area contributed by atoms with E-state index in [4.69, 9.17) is 5.73 Å². The first-order valence-corrected chi connectivity index (χ1v) is 11.6. The maximum atomic E-state index is 13.9. The number of nitrogens with zero attached hydrogens (tertiary/aromatic N) is 5. The van der Waals surface area contributed by atoms with Crippen LogP contribution in [0.15, 0.2) is 49.1 Å². The van der Waals surface area contributed by atoms with Crippen molar-refractivity contribution in [1.82, 2.24) is 24.3 Å². The Morgan fingerprint density at radius 3 is 2.66 bits per heavy atom. The van der Waals surface area contributed by atoms with Crippen molar-refractivity contribution in [3.63, 3.8) is 0 Å². The Morgan fingerprint density at radius 1 is 1.14 bits per heavy atom. The number of carbonyl (C=O) groups excluding carboxylic acids is 1. The van der Waals surface area contributed by atoms with Crippen LogP contribution in [0.3, 0.4) is 0 Å². The second-order valence-electron chi connectivity index (χ2n) is 9.56. The van der Waals surface area contributed by atoms with Gasteiger partial charge in [0.25, 0.3) is 5.91 Å². The van der Waals surface area contributed by atoms with Gasteiger partial charge in [-0.1, -0.05) is 0 Å². The van der Waals surface area contributed by atoms with E-state index in [0.717, 1.165) is 54.8 Å². The number of halogens is 3. The lowest BCUT2D eigenvalue weighted by Crippen LogP contribution is -2.51. The molecule has 0 saturated heterocycles. The number of rotatable bonds is 4. The minimum absolute atomic E-state index is 0.0341. The van der Waals surface area contributed by atoms with E-state index in [0.29, 0.717) is 28.6 Å². The predicted molar refractivity (Wildman–Crippen MR) is 123 cm³/mol. The Kier molecular flexibility index (Phi) is 4.94. The number of anilines is 1. The van der Waals surface area contributed by atoms with Gasteiger partial charge in [0.15, 0.2) is 0 Å². The lowest BCUT2D eigenvalue weighted by Gasteiger charge is -2.50. The molecule has 3 fully saturated rings. The number of hydrogen-bond acceptors (Lipinski definition) is 5. The fourth-order valence-electron chi connectivity index (χ4n) is 5.58. The minimum Gasteiger partial charge on any atom is -0.369 e. The quantitative estimate of drug-likeness (QED) is 0.457. The van der Waals surface area contributed by atoms with Gasteiger partial charge in [0, 0.05) is 23.2 Å². The van der Waals surface area contributed by atoms with Crippen LogP contribution in [0.2, 0.25) is 0 Å². The molecule has 1 atom stereocenters.